The lowest BCUT2D eigenvalue weighted by Gasteiger charge is -2.35. The second-order valence-corrected chi connectivity index (χ2v) is 7.65. The number of hydrogen-bond acceptors (Lipinski definition) is 5. The number of aliphatic hydroxyl groups is 1. The molecule has 2 aliphatic rings. The van der Waals surface area contributed by atoms with Crippen molar-refractivity contribution in [2.45, 2.75) is 31.5 Å². The third kappa shape index (κ3) is 4.03. The number of rotatable bonds is 2. The Bertz CT molecular complexity index is 1060. The van der Waals surface area contributed by atoms with Crippen LogP contribution in [0.5, 0.6) is 0 Å². The van der Waals surface area contributed by atoms with E-state index < -0.39 is 12.3 Å². The average Bonchev–Trinajstić information content (AvgIpc) is 3.37. The summed E-state index contributed by atoms with van der Waals surface area (Å²) in [6.45, 7) is 1.48. The maximum Gasteiger partial charge on any atom is 0.316 e. The van der Waals surface area contributed by atoms with Gasteiger partial charge in [0.1, 0.15) is 17.9 Å². The Morgan fingerprint density at radius 2 is 2.07 bits per heavy atom. The zero-order valence-electron chi connectivity index (χ0n) is 16.2. The predicted molar refractivity (Wildman–Crippen MR) is 111 cm³/mol. The van der Waals surface area contributed by atoms with Gasteiger partial charge in [0.2, 0.25) is 0 Å². The summed E-state index contributed by atoms with van der Waals surface area (Å²) in [5, 5.41) is 13.5. The fraction of sp³-hybridized carbons (Fsp3) is 0.350. The Labute approximate surface area is 177 Å². The van der Waals surface area contributed by atoms with Crippen molar-refractivity contribution in [2.75, 3.05) is 18.0 Å². The number of halogens is 2. The van der Waals surface area contributed by atoms with E-state index in [-0.39, 0.29) is 11.9 Å². The van der Waals surface area contributed by atoms with Crippen LogP contribution < -0.4 is 10.6 Å². The minimum absolute atomic E-state index is 0.0565. The zero-order chi connectivity index (χ0) is 21.3. The number of carbonyl (C=O) groups excluding carboxylic acids is 1. The highest BCUT2D eigenvalue weighted by molar-refractivity contribution is 6.31. The lowest BCUT2D eigenvalue weighted by atomic mass is 10.0. The van der Waals surface area contributed by atoms with Gasteiger partial charge in [-0.1, -0.05) is 11.6 Å². The summed E-state index contributed by atoms with van der Waals surface area (Å²) in [5.41, 5.74) is 6.44. The standard InChI is InChI=1S/C16H14ClFN4.C4H8N2O2/c17-13-4-3-11(18)10-12(13)14-2-1-8-21(14)15-6-9-22-16(20-15)5-7-19-22;5-4(8)6-2-1-3(6)7/h3-7,9-10,14H,1-2,8H2;3,7H,1-2H2,(H2,5,8). The smallest absolute Gasteiger partial charge is 0.316 e. The van der Waals surface area contributed by atoms with Crippen LogP contribution in [-0.4, -0.2) is 50.0 Å². The Hall–Kier alpha value is -2.91. The molecular weight excluding hydrogens is 411 g/mol. The number of amides is 2. The molecule has 2 aliphatic heterocycles. The molecule has 8 nitrogen and oxygen atoms in total. The molecule has 2 aromatic heterocycles. The number of aliphatic hydroxyl groups excluding tert-OH is 1. The van der Waals surface area contributed by atoms with E-state index >= 15 is 0 Å². The van der Waals surface area contributed by atoms with Crippen LogP contribution >= 0.6 is 11.6 Å². The van der Waals surface area contributed by atoms with E-state index in [0.29, 0.717) is 18.0 Å². The molecule has 2 saturated heterocycles. The largest absolute Gasteiger partial charge is 0.373 e. The Balaban J connectivity index is 0.000000230. The summed E-state index contributed by atoms with van der Waals surface area (Å²) in [6.07, 6.45) is 5.62. The van der Waals surface area contributed by atoms with E-state index in [1.807, 2.05) is 18.3 Å². The van der Waals surface area contributed by atoms with Crippen LogP contribution in [0.3, 0.4) is 0 Å². The van der Waals surface area contributed by atoms with Crippen LogP contribution in [0.4, 0.5) is 15.0 Å². The average molecular weight is 433 g/mol. The quantitative estimate of drug-likeness (QED) is 0.648. The van der Waals surface area contributed by atoms with E-state index in [0.717, 1.165) is 36.4 Å². The topological polar surface area (TPSA) is 100.0 Å². The fourth-order valence-corrected chi connectivity index (χ4v) is 3.97. The number of nitrogens with zero attached hydrogens (tertiary/aromatic N) is 5. The highest BCUT2D eigenvalue weighted by Crippen LogP contribution is 2.38. The number of hydrogen-bond donors (Lipinski definition) is 2. The number of likely N-dealkylation sites (tertiary alicyclic amines) is 1. The lowest BCUT2D eigenvalue weighted by Crippen LogP contribution is -2.53. The van der Waals surface area contributed by atoms with Crippen LogP contribution in [0.25, 0.3) is 5.65 Å². The minimum atomic E-state index is -0.618. The number of benzene rings is 1. The van der Waals surface area contributed by atoms with E-state index in [2.05, 4.69) is 15.0 Å². The summed E-state index contributed by atoms with van der Waals surface area (Å²) in [4.78, 5) is 18.2. The molecule has 0 saturated carbocycles. The van der Waals surface area contributed by atoms with Crippen molar-refractivity contribution in [1.82, 2.24) is 19.5 Å². The van der Waals surface area contributed by atoms with Crippen LogP contribution in [-0.2, 0) is 0 Å². The summed E-state index contributed by atoms with van der Waals surface area (Å²) in [7, 11) is 0. The highest BCUT2D eigenvalue weighted by atomic mass is 35.5. The van der Waals surface area contributed by atoms with Crippen LogP contribution in [0.15, 0.2) is 42.7 Å². The summed E-state index contributed by atoms with van der Waals surface area (Å²) >= 11 is 6.28. The number of urea groups is 1. The molecule has 2 unspecified atom stereocenters. The summed E-state index contributed by atoms with van der Waals surface area (Å²) in [6, 6.07) is 7.86. The fourth-order valence-electron chi connectivity index (χ4n) is 3.73. The predicted octanol–water partition coefficient (Wildman–Crippen LogP) is 2.95. The van der Waals surface area contributed by atoms with Crippen molar-refractivity contribution in [3.63, 3.8) is 0 Å². The number of carbonyl (C=O) groups is 1. The molecule has 0 spiro atoms. The van der Waals surface area contributed by atoms with Gasteiger partial charge in [0.25, 0.3) is 0 Å². The molecule has 5 rings (SSSR count). The van der Waals surface area contributed by atoms with Crippen molar-refractivity contribution in [3.8, 4) is 0 Å². The number of aromatic nitrogens is 3. The normalized spacial score (nSPS) is 20.6. The molecule has 0 aliphatic carbocycles. The minimum Gasteiger partial charge on any atom is -0.373 e. The molecule has 2 amide bonds. The molecule has 0 bridgehead atoms. The molecule has 158 valence electrons. The molecule has 2 fully saturated rings. The molecule has 4 heterocycles. The third-order valence-electron chi connectivity index (χ3n) is 5.38. The third-order valence-corrected chi connectivity index (χ3v) is 5.72. The molecule has 30 heavy (non-hydrogen) atoms. The van der Waals surface area contributed by atoms with Gasteiger partial charge in [-0.15, -0.1) is 0 Å². The molecule has 1 aromatic carbocycles. The van der Waals surface area contributed by atoms with Gasteiger partial charge in [-0.25, -0.2) is 18.7 Å². The first kappa shape index (κ1) is 20.4. The second-order valence-electron chi connectivity index (χ2n) is 7.24. The SMILES string of the molecule is Fc1ccc(Cl)c(C2CCCN2c2ccn3nccc3n2)c1.NC(=O)N1CCC1O. The van der Waals surface area contributed by atoms with Gasteiger partial charge in [0, 0.05) is 36.8 Å². The van der Waals surface area contributed by atoms with Crippen LogP contribution in [0.2, 0.25) is 5.02 Å². The van der Waals surface area contributed by atoms with Gasteiger partial charge >= 0.3 is 6.03 Å². The lowest BCUT2D eigenvalue weighted by molar-refractivity contribution is -0.0386. The van der Waals surface area contributed by atoms with Crippen molar-refractivity contribution in [1.29, 1.82) is 0 Å². The highest BCUT2D eigenvalue weighted by Gasteiger charge is 2.29. The number of fused-ring (bicyclic) bond motifs is 1. The molecular formula is C20H22ClFN6O2. The molecule has 3 aromatic rings. The molecule has 10 heteroatoms. The summed E-state index contributed by atoms with van der Waals surface area (Å²) < 4.78 is 15.3. The summed E-state index contributed by atoms with van der Waals surface area (Å²) in [5.74, 6) is 0.612. The van der Waals surface area contributed by atoms with E-state index in [1.54, 1.807) is 16.8 Å². The first-order valence-electron chi connectivity index (χ1n) is 9.70. The first-order valence-corrected chi connectivity index (χ1v) is 10.1. The van der Waals surface area contributed by atoms with Crippen LogP contribution in [0, 0.1) is 5.82 Å². The first-order chi connectivity index (χ1) is 14.4. The molecule has 3 N–H and O–H groups in total. The zero-order valence-corrected chi connectivity index (χ0v) is 16.9. The second kappa shape index (κ2) is 8.45. The Morgan fingerprint density at radius 3 is 2.73 bits per heavy atom. The van der Waals surface area contributed by atoms with E-state index in [1.165, 1.54) is 17.0 Å². The monoisotopic (exact) mass is 432 g/mol. The van der Waals surface area contributed by atoms with Gasteiger partial charge in [0.15, 0.2) is 5.65 Å². The van der Waals surface area contributed by atoms with Crippen molar-refractivity contribution >= 4 is 29.1 Å². The van der Waals surface area contributed by atoms with Crippen molar-refractivity contribution < 1.29 is 14.3 Å². The number of primary amides is 1. The maximum atomic E-state index is 13.6. The van der Waals surface area contributed by atoms with Gasteiger partial charge < -0.3 is 15.7 Å². The van der Waals surface area contributed by atoms with E-state index in [4.69, 9.17) is 22.4 Å². The molecule has 0 radical (unpaired) electrons. The van der Waals surface area contributed by atoms with E-state index in [9.17, 15) is 9.18 Å². The number of anilines is 1. The van der Waals surface area contributed by atoms with Crippen molar-refractivity contribution in [3.05, 3.63) is 59.1 Å². The van der Waals surface area contributed by atoms with Crippen LogP contribution in [0.1, 0.15) is 30.9 Å². The Morgan fingerprint density at radius 1 is 1.23 bits per heavy atom. The van der Waals surface area contributed by atoms with Gasteiger partial charge in [-0.05, 0) is 42.7 Å². The molecule has 2 atom stereocenters. The number of nitrogens with two attached hydrogens (primary N) is 1. The van der Waals surface area contributed by atoms with Gasteiger partial charge in [-0.2, -0.15) is 5.10 Å². The van der Waals surface area contributed by atoms with Gasteiger partial charge in [0.05, 0.1) is 12.2 Å². The van der Waals surface area contributed by atoms with Gasteiger partial charge in [-0.3, -0.25) is 4.90 Å². The van der Waals surface area contributed by atoms with Crippen molar-refractivity contribution in [2.24, 2.45) is 5.73 Å². The maximum absolute atomic E-state index is 13.6. The Kier molecular flexibility index (Phi) is 5.74.